The van der Waals surface area contributed by atoms with Crippen LogP contribution in [0.3, 0.4) is 0 Å². The van der Waals surface area contributed by atoms with Crippen LogP contribution in [-0.2, 0) is 24.1 Å². The zero-order chi connectivity index (χ0) is 21.2. The van der Waals surface area contributed by atoms with Gasteiger partial charge >= 0.3 is 0 Å². The molecule has 2 aromatic carbocycles. The lowest BCUT2D eigenvalue weighted by Gasteiger charge is -2.26. The van der Waals surface area contributed by atoms with E-state index in [4.69, 9.17) is 15.7 Å². The first-order valence-corrected chi connectivity index (χ1v) is 11.3. The number of carbonyl (C=O) groups excluding carboxylic acids is 1. The van der Waals surface area contributed by atoms with Crippen LogP contribution in [-0.4, -0.2) is 15.9 Å². The average Bonchev–Trinajstić information content (AvgIpc) is 2.79. The Hall–Kier alpha value is -3.21. The van der Waals surface area contributed by atoms with Crippen LogP contribution in [0.15, 0.2) is 48.5 Å². The van der Waals surface area contributed by atoms with E-state index in [1.165, 1.54) is 24.8 Å². The number of aromatic nitrogens is 2. The van der Waals surface area contributed by atoms with E-state index in [1.807, 2.05) is 36.4 Å². The molecule has 1 aromatic heterocycles. The van der Waals surface area contributed by atoms with Crippen LogP contribution in [0.1, 0.15) is 60.5 Å². The monoisotopic (exact) mass is 412 g/mol. The summed E-state index contributed by atoms with van der Waals surface area (Å²) in [6.07, 6.45) is 7.92. The fraction of sp³-hybridized carbons (Fsp3) is 0.346. The maximum atomic E-state index is 12.8. The Labute approximate surface area is 183 Å². The topological polar surface area (TPSA) is 80.9 Å². The number of anilines is 2. The van der Waals surface area contributed by atoms with E-state index in [9.17, 15) is 4.79 Å². The summed E-state index contributed by atoms with van der Waals surface area (Å²) >= 11 is 0. The first-order valence-electron chi connectivity index (χ1n) is 11.3. The van der Waals surface area contributed by atoms with Crippen LogP contribution in [0.2, 0.25) is 0 Å². The number of nitrogens with two attached hydrogens (primary N) is 1. The molecule has 31 heavy (non-hydrogen) atoms. The number of rotatable bonds is 4. The van der Waals surface area contributed by atoms with E-state index in [-0.39, 0.29) is 5.91 Å². The number of hydrogen-bond acceptors (Lipinski definition) is 4. The largest absolute Gasteiger partial charge is 0.399 e. The van der Waals surface area contributed by atoms with E-state index >= 15 is 0 Å². The predicted octanol–water partition coefficient (Wildman–Crippen LogP) is 5.05. The van der Waals surface area contributed by atoms with E-state index < -0.39 is 0 Å². The Morgan fingerprint density at radius 3 is 2.61 bits per heavy atom. The van der Waals surface area contributed by atoms with Gasteiger partial charge in [-0.1, -0.05) is 55.7 Å². The maximum Gasteiger partial charge on any atom is 0.229 e. The van der Waals surface area contributed by atoms with Crippen molar-refractivity contribution in [1.82, 2.24) is 9.97 Å². The first-order chi connectivity index (χ1) is 15.2. The second-order valence-corrected chi connectivity index (χ2v) is 8.71. The molecule has 2 aliphatic carbocycles. The fourth-order valence-electron chi connectivity index (χ4n) is 4.89. The third-order valence-electron chi connectivity index (χ3n) is 6.47. The third kappa shape index (κ3) is 4.18. The minimum Gasteiger partial charge on any atom is -0.399 e. The van der Waals surface area contributed by atoms with Gasteiger partial charge in [-0.05, 0) is 48.9 Å². The van der Waals surface area contributed by atoms with Gasteiger partial charge in [-0.3, -0.25) is 4.79 Å². The van der Waals surface area contributed by atoms with Gasteiger partial charge in [0.25, 0.3) is 0 Å². The molecule has 0 aliphatic heterocycles. The number of carbonyl (C=O) groups is 1. The Morgan fingerprint density at radius 2 is 1.81 bits per heavy atom. The highest BCUT2D eigenvalue weighted by molar-refractivity contribution is 5.92. The average molecular weight is 413 g/mol. The summed E-state index contributed by atoms with van der Waals surface area (Å²) in [5.41, 5.74) is 13.0. The Morgan fingerprint density at radius 1 is 1.00 bits per heavy atom. The van der Waals surface area contributed by atoms with Crippen LogP contribution < -0.4 is 11.1 Å². The Bertz CT molecular complexity index is 1100. The van der Waals surface area contributed by atoms with Gasteiger partial charge < -0.3 is 11.1 Å². The summed E-state index contributed by atoms with van der Waals surface area (Å²) in [7, 11) is 0. The van der Waals surface area contributed by atoms with Gasteiger partial charge in [-0.2, -0.15) is 0 Å². The summed E-state index contributed by atoms with van der Waals surface area (Å²) in [4.78, 5) is 22.9. The van der Waals surface area contributed by atoms with E-state index in [1.54, 1.807) is 0 Å². The van der Waals surface area contributed by atoms with Crippen molar-refractivity contribution in [3.8, 4) is 11.3 Å². The predicted molar refractivity (Wildman–Crippen MR) is 124 cm³/mol. The van der Waals surface area contributed by atoms with Crippen LogP contribution in [0, 0.1) is 0 Å². The number of aryl methyl sites for hydroxylation is 2. The summed E-state index contributed by atoms with van der Waals surface area (Å²) in [6.45, 7) is 0. The van der Waals surface area contributed by atoms with Crippen molar-refractivity contribution >= 4 is 17.4 Å². The van der Waals surface area contributed by atoms with Crippen molar-refractivity contribution in [3.05, 3.63) is 71.0 Å². The Kier molecular flexibility index (Phi) is 5.41. The van der Waals surface area contributed by atoms with Gasteiger partial charge in [0.1, 0.15) is 0 Å². The zero-order valence-electron chi connectivity index (χ0n) is 17.7. The molecule has 0 spiro atoms. The SMILES string of the molecule is Nc1ccc2c(c1)CCc1nc(NC(=O)Cc3ccccc3)c(C3CCCCC3)nc1-2. The summed E-state index contributed by atoms with van der Waals surface area (Å²) in [5.74, 6) is 0.963. The molecule has 5 rings (SSSR count). The molecule has 5 nitrogen and oxygen atoms in total. The number of hydrogen-bond donors (Lipinski definition) is 2. The molecular weight excluding hydrogens is 384 g/mol. The first kappa shape index (κ1) is 19.7. The minimum atomic E-state index is -0.0403. The normalized spacial score (nSPS) is 15.7. The van der Waals surface area contributed by atoms with Crippen LogP contribution >= 0.6 is 0 Å². The molecule has 0 unspecified atom stereocenters. The van der Waals surface area contributed by atoms with Crippen molar-refractivity contribution in [2.24, 2.45) is 0 Å². The number of nitrogens with zero attached hydrogens (tertiary/aromatic N) is 2. The van der Waals surface area contributed by atoms with Crippen molar-refractivity contribution < 1.29 is 4.79 Å². The second-order valence-electron chi connectivity index (χ2n) is 8.71. The van der Waals surface area contributed by atoms with E-state index in [2.05, 4.69) is 17.4 Å². The summed E-state index contributed by atoms with van der Waals surface area (Å²) in [5, 5.41) is 3.11. The number of fused-ring (bicyclic) bond motifs is 3. The van der Waals surface area contributed by atoms with Gasteiger partial charge in [0, 0.05) is 17.2 Å². The second kappa shape index (κ2) is 8.50. The van der Waals surface area contributed by atoms with Crippen molar-refractivity contribution in [3.63, 3.8) is 0 Å². The summed E-state index contributed by atoms with van der Waals surface area (Å²) in [6, 6.07) is 15.9. The number of nitrogens with one attached hydrogen (secondary N) is 1. The highest BCUT2D eigenvalue weighted by Gasteiger charge is 2.27. The van der Waals surface area contributed by atoms with Crippen molar-refractivity contribution in [2.75, 3.05) is 11.1 Å². The highest BCUT2D eigenvalue weighted by Crippen LogP contribution is 2.39. The zero-order valence-corrected chi connectivity index (χ0v) is 17.7. The maximum absolute atomic E-state index is 12.8. The lowest BCUT2D eigenvalue weighted by molar-refractivity contribution is -0.115. The molecule has 1 amide bonds. The van der Waals surface area contributed by atoms with Gasteiger partial charge in [0.05, 0.1) is 23.5 Å². The van der Waals surface area contributed by atoms with Crippen molar-refractivity contribution in [1.29, 1.82) is 0 Å². The summed E-state index contributed by atoms with van der Waals surface area (Å²) < 4.78 is 0. The van der Waals surface area contributed by atoms with Crippen LogP contribution in [0.4, 0.5) is 11.5 Å². The van der Waals surface area contributed by atoms with E-state index in [0.717, 1.165) is 59.6 Å². The van der Waals surface area contributed by atoms with Crippen LogP contribution in [0.5, 0.6) is 0 Å². The van der Waals surface area contributed by atoms with Crippen molar-refractivity contribution in [2.45, 2.75) is 57.3 Å². The standard InChI is InChI=1S/C26H28N4O/c27-20-12-13-21-19(16-20)11-14-22-25(21)30-24(18-9-5-2-6-10-18)26(28-22)29-23(31)15-17-7-3-1-4-8-17/h1,3-4,7-8,12-13,16,18H,2,5-6,9-11,14-15,27H2,(H,28,29,31). The highest BCUT2D eigenvalue weighted by atomic mass is 16.1. The Balaban J connectivity index is 1.51. The molecule has 1 fully saturated rings. The molecule has 0 atom stereocenters. The smallest absolute Gasteiger partial charge is 0.229 e. The number of nitrogen functional groups attached to an aromatic ring is 1. The number of benzene rings is 2. The molecule has 158 valence electrons. The molecule has 0 bridgehead atoms. The molecule has 3 aromatic rings. The fourth-order valence-corrected chi connectivity index (χ4v) is 4.89. The molecule has 0 saturated heterocycles. The van der Waals surface area contributed by atoms with Crippen LogP contribution in [0.25, 0.3) is 11.3 Å². The molecule has 1 saturated carbocycles. The van der Waals surface area contributed by atoms with Gasteiger partial charge in [-0.15, -0.1) is 0 Å². The van der Waals surface area contributed by atoms with Gasteiger partial charge in [0.15, 0.2) is 5.82 Å². The van der Waals surface area contributed by atoms with Gasteiger partial charge in [-0.25, -0.2) is 9.97 Å². The molecule has 0 radical (unpaired) electrons. The molecule has 1 heterocycles. The molecule has 2 aliphatic rings. The van der Waals surface area contributed by atoms with E-state index in [0.29, 0.717) is 18.2 Å². The van der Waals surface area contributed by atoms with Gasteiger partial charge in [0.2, 0.25) is 5.91 Å². The quantitative estimate of drug-likeness (QED) is 0.587. The minimum absolute atomic E-state index is 0.0403. The molecule has 3 N–H and O–H groups in total. The lowest BCUT2D eigenvalue weighted by Crippen LogP contribution is -2.21. The molecule has 5 heteroatoms. The number of amides is 1. The third-order valence-corrected chi connectivity index (χ3v) is 6.47. The lowest BCUT2D eigenvalue weighted by atomic mass is 9.85. The molecular formula is C26H28N4O.